The van der Waals surface area contributed by atoms with Crippen molar-refractivity contribution in [1.82, 2.24) is 4.98 Å². The fourth-order valence-electron chi connectivity index (χ4n) is 4.71. The minimum Gasteiger partial charge on any atom is -0.507 e. The highest BCUT2D eigenvalue weighted by Crippen LogP contribution is 2.46. The molecule has 0 spiro atoms. The number of rotatable bonds is 10. The maximum Gasteiger partial charge on any atom is 0.301 e. The van der Waals surface area contributed by atoms with Crippen molar-refractivity contribution < 1.29 is 33.0 Å². The molecule has 0 saturated carbocycles. The first-order valence-corrected chi connectivity index (χ1v) is 14.2. The molecule has 3 aromatic carbocycles. The van der Waals surface area contributed by atoms with Crippen molar-refractivity contribution in [2.45, 2.75) is 39.2 Å². The molecule has 1 aliphatic rings. The van der Waals surface area contributed by atoms with Crippen LogP contribution in [0, 0.1) is 11.6 Å². The SMILES string of the molecule is CCCCCOc1ccc(C2C(=C(O)c3ccc(F)cc3)C(=O)C(=O)N2c2nc3ccc(F)cc3s2)cc1OCC. The van der Waals surface area contributed by atoms with E-state index >= 15 is 0 Å². The van der Waals surface area contributed by atoms with E-state index in [1.807, 2.05) is 6.92 Å². The van der Waals surface area contributed by atoms with Crippen molar-refractivity contribution in [2.24, 2.45) is 0 Å². The summed E-state index contributed by atoms with van der Waals surface area (Å²) >= 11 is 1.05. The molecule has 10 heteroatoms. The van der Waals surface area contributed by atoms with E-state index < -0.39 is 35.1 Å². The van der Waals surface area contributed by atoms with Crippen molar-refractivity contribution in [3.63, 3.8) is 0 Å². The standard InChI is InChI=1S/C31H28F2N2O5S/c1-3-5-6-15-40-23-14-9-19(16-24(23)39-4-2)27-26(28(36)18-7-10-20(32)11-8-18)29(37)30(38)35(27)31-34-22-13-12-21(33)17-25(22)41-31/h7-14,16-17,27,36H,3-6,15H2,1-2H3. The lowest BCUT2D eigenvalue weighted by Crippen LogP contribution is -2.29. The predicted molar refractivity (Wildman–Crippen MR) is 153 cm³/mol. The van der Waals surface area contributed by atoms with E-state index in [4.69, 9.17) is 9.47 Å². The van der Waals surface area contributed by atoms with Gasteiger partial charge < -0.3 is 14.6 Å². The van der Waals surface area contributed by atoms with Crippen LogP contribution in [0.5, 0.6) is 11.5 Å². The van der Waals surface area contributed by atoms with Gasteiger partial charge in [0.15, 0.2) is 16.6 Å². The minimum atomic E-state index is -1.10. The van der Waals surface area contributed by atoms with Gasteiger partial charge in [-0.05, 0) is 73.5 Å². The minimum absolute atomic E-state index is 0.161. The molecule has 0 radical (unpaired) electrons. The molecule has 1 amide bonds. The van der Waals surface area contributed by atoms with Gasteiger partial charge in [-0.25, -0.2) is 13.8 Å². The van der Waals surface area contributed by atoms with Crippen LogP contribution < -0.4 is 14.4 Å². The summed E-state index contributed by atoms with van der Waals surface area (Å²) in [6.45, 7) is 4.77. The molecule has 7 nitrogen and oxygen atoms in total. The number of fused-ring (bicyclic) bond motifs is 1. The van der Waals surface area contributed by atoms with E-state index in [2.05, 4.69) is 11.9 Å². The Balaban J connectivity index is 1.66. The van der Waals surface area contributed by atoms with E-state index in [0.717, 1.165) is 42.7 Å². The molecule has 1 unspecified atom stereocenters. The van der Waals surface area contributed by atoms with Crippen molar-refractivity contribution in [1.29, 1.82) is 0 Å². The number of carbonyl (C=O) groups is 2. The zero-order chi connectivity index (χ0) is 29.1. The summed E-state index contributed by atoms with van der Waals surface area (Å²) in [6, 6.07) is 13.0. The highest BCUT2D eigenvalue weighted by molar-refractivity contribution is 7.22. The number of ether oxygens (including phenoxy) is 2. The number of Topliss-reactive ketones (excluding diaryl/α,β-unsaturated/α-hetero) is 1. The highest BCUT2D eigenvalue weighted by Gasteiger charge is 2.48. The molecule has 212 valence electrons. The Labute approximate surface area is 239 Å². The first-order valence-electron chi connectivity index (χ1n) is 13.3. The number of halogens is 2. The predicted octanol–water partition coefficient (Wildman–Crippen LogP) is 7.17. The maximum atomic E-state index is 13.9. The van der Waals surface area contributed by atoms with Gasteiger partial charge in [-0.1, -0.05) is 37.2 Å². The van der Waals surface area contributed by atoms with Crippen LogP contribution >= 0.6 is 11.3 Å². The molecule has 2 heterocycles. The lowest BCUT2D eigenvalue weighted by Gasteiger charge is -2.24. The Kier molecular flexibility index (Phi) is 8.30. The number of benzene rings is 3. The Hall–Kier alpha value is -4.31. The second kappa shape index (κ2) is 12.1. The van der Waals surface area contributed by atoms with Crippen LogP contribution in [0.4, 0.5) is 13.9 Å². The molecular weight excluding hydrogens is 550 g/mol. The average molecular weight is 579 g/mol. The number of unbranched alkanes of at least 4 members (excludes halogenated alkanes) is 2. The number of aliphatic hydroxyl groups is 1. The third kappa shape index (κ3) is 5.65. The van der Waals surface area contributed by atoms with Crippen LogP contribution in [0.2, 0.25) is 0 Å². The topological polar surface area (TPSA) is 89.0 Å². The molecule has 1 aromatic heterocycles. The maximum absolute atomic E-state index is 13.9. The van der Waals surface area contributed by atoms with Crippen LogP contribution in [0.15, 0.2) is 66.2 Å². The zero-order valence-corrected chi connectivity index (χ0v) is 23.3. The molecule has 4 aromatic rings. The number of ketones is 1. The first-order chi connectivity index (χ1) is 19.8. The van der Waals surface area contributed by atoms with E-state index in [0.29, 0.717) is 40.5 Å². The van der Waals surface area contributed by atoms with Gasteiger partial charge in [0.2, 0.25) is 0 Å². The number of hydrogen-bond donors (Lipinski definition) is 1. The summed E-state index contributed by atoms with van der Waals surface area (Å²) in [4.78, 5) is 32.7. The Bertz CT molecular complexity index is 1630. The highest BCUT2D eigenvalue weighted by atomic mass is 32.1. The van der Waals surface area contributed by atoms with E-state index in [-0.39, 0.29) is 16.3 Å². The molecular formula is C31H28F2N2O5S. The number of thiazole rings is 1. The molecule has 0 bridgehead atoms. The molecule has 1 saturated heterocycles. The van der Waals surface area contributed by atoms with Crippen LogP contribution in [0.25, 0.3) is 16.0 Å². The first kappa shape index (κ1) is 28.2. The molecule has 1 aliphatic heterocycles. The molecule has 1 N–H and O–H groups in total. The number of hydrogen-bond acceptors (Lipinski definition) is 7. The molecule has 0 aliphatic carbocycles. The van der Waals surface area contributed by atoms with Gasteiger partial charge in [0, 0.05) is 5.56 Å². The Morgan fingerprint density at radius 1 is 0.951 bits per heavy atom. The van der Waals surface area contributed by atoms with Crippen LogP contribution in [-0.2, 0) is 9.59 Å². The quantitative estimate of drug-likeness (QED) is 0.0929. The van der Waals surface area contributed by atoms with Crippen molar-refractivity contribution in [3.05, 3.63) is 89.0 Å². The van der Waals surface area contributed by atoms with Gasteiger partial charge in [-0.3, -0.25) is 14.5 Å². The Morgan fingerprint density at radius 2 is 1.71 bits per heavy atom. The van der Waals surface area contributed by atoms with E-state index in [1.54, 1.807) is 18.2 Å². The van der Waals surface area contributed by atoms with Gasteiger partial charge in [-0.15, -0.1) is 0 Å². The van der Waals surface area contributed by atoms with Crippen molar-refractivity contribution in [2.75, 3.05) is 18.1 Å². The number of amides is 1. The normalized spacial score (nSPS) is 16.5. The molecule has 1 atom stereocenters. The lowest BCUT2D eigenvalue weighted by molar-refractivity contribution is -0.132. The zero-order valence-electron chi connectivity index (χ0n) is 22.5. The van der Waals surface area contributed by atoms with E-state index in [9.17, 15) is 23.5 Å². The van der Waals surface area contributed by atoms with Gasteiger partial charge in [0.05, 0.1) is 35.0 Å². The van der Waals surface area contributed by atoms with Gasteiger partial charge >= 0.3 is 5.91 Å². The van der Waals surface area contributed by atoms with Gasteiger partial charge in [0.25, 0.3) is 5.78 Å². The fourth-order valence-corrected chi connectivity index (χ4v) is 5.73. The summed E-state index contributed by atoms with van der Waals surface area (Å²) in [7, 11) is 0. The van der Waals surface area contributed by atoms with Crippen molar-refractivity contribution in [3.8, 4) is 11.5 Å². The average Bonchev–Trinajstić information content (AvgIpc) is 3.49. The third-order valence-corrected chi connectivity index (χ3v) is 7.71. The van der Waals surface area contributed by atoms with E-state index in [1.165, 1.54) is 35.2 Å². The molecule has 5 rings (SSSR count). The van der Waals surface area contributed by atoms with Crippen molar-refractivity contribution >= 4 is 44.1 Å². The van der Waals surface area contributed by atoms with Crippen LogP contribution in [0.3, 0.4) is 0 Å². The third-order valence-electron chi connectivity index (χ3n) is 6.70. The lowest BCUT2D eigenvalue weighted by atomic mass is 9.95. The summed E-state index contributed by atoms with van der Waals surface area (Å²) in [5.74, 6) is -2.34. The second-order valence-electron chi connectivity index (χ2n) is 9.48. The van der Waals surface area contributed by atoms with Gasteiger partial charge in [-0.2, -0.15) is 0 Å². The molecule has 41 heavy (non-hydrogen) atoms. The van der Waals surface area contributed by atoms with Gasteiger partial charge in [0.1, 0.15) is 17.4 Å². The smallest absolute Gasteiger partial charge is 0.301 e. The summed E-state index contributed by atoms with van der Waals surface area (Å²) in [5.41, 5.74) is 0.895. The number of nitrogens with zero attached hydrogens (tertiary/aromatic N) is 2. The fraction of sp³-hybridized carbons (Fsp3) is 0.258. The Morgan fingerprint density at radius 3 is 2.44 bits per heavy atom. The summed E-state index contributed by atoms with van der Waals surface area (Å²) in [6.07, 6.45) is 2.94. The number of aromatic nitrogens is 1. The molecule has 1 fully saturated rings. The monoisotopic (exact) mass is 578 g/mol. The summed E-state index contributed by atoms with van der Waals surface area (Å²) in [5, 5.41) is 11.5. The number of anilines is 1. The number of aliphatic hydroxyl groups excluding tert-OH is 1. The van der Waals surface area contributed by atoms with Crippen LogP contribution in [0.1, 0.15) is 50.3 Å². The van der Waals surface area contributed by atoms with Crippen LogP contribution in [-0.4, -0.2) is 35.0 Å². The second-order valence-corrected chi connectivity index (χ2v) is 10.5. The number of carbonyl (C=O) groups excluding carboxylic acids is 2. The summed E-state index contributed by atoms with van der Waals surface area (Å²) < 4.78 is 39.8. The largest absolute Gasteiger partial charge is 0.507 e.